The van der Waals surface area contributed by atoms with Crippen LogP contribution in [0.15, 0.2) is 11.4 Å². The van der Waals surface area contributed by atoms with E-state index in [1.165, 1.54) is 0 Å². The molecule has 0 saturated carbocycles. The van der Waals surface area contributed by atoms with Crippen LogP contribution in [0.4, 0.5) is 0 Å². The van der Waals surface area contributed by atoms with Crippen molar-refractivity contribution in [1.82, 2.24) is 9.97 Å². The molecule has 1 aromatic heterocycles. The highest BCUT2D eigenvalue weighted by atomic mass is 16.6. The lowest BCUT2D eigenvalue weighted by atomic mass is 9.99. The van der Waals surface area contributed by atoms with E-state index in [0.717, 1.165) is 12.1 Å². The van der Waals surface area contributed by atoms with Crippen LogP contribution in [0, 0.1) is 5.92 Å². The molecule has 17 heavy (non-hydrogen) atoms. The fourth-order valence-corrected chi connectivity index (χ4v) is 1.77. The molecule has 0 amide bonds. The number of nitrogens with one attached hydrogen (secondary N) is 1. The Labute approximate surface area is 99.3 Å². The summed E-state index contributed by atoms with van der Waals surface area (Å²) in [6, 6.07) is 0. The van der Waals surface area contributed by atoms with Gasteiger partial charge in [0.15, 0.2) is 5.82 Å². The molecule has 0 aliphatic carbocycles. The Morgan fingerprint density at radius 1 is 1.59 bits per heavy atom. The molecule has 0 spiro atoms. The highest BCUT2D eigenvalue weighted by molar-refractivity contribution is 5.97. The topological polar surface area (TPSA) is 90.7 Å². The van der Waals surface area contributed by atoms with Crippen molar-refractivity contribution in [2.75, 3.05) is 13.2 Å². The van der Waals surface area contributed by atoms with Crippen LogP contribution in [0.1, 0.15) is 37.4 Å². The van der Waals surface area contributed by atoms with Gasteiger partial charge in [0.05, 0.1) is 18.0 Å². The van der Waals surface area contributed by atoms with Crippen molar-refractivity contribution in [2.24, 2.45) is 11.1 Å². The number of hydrogen-bond donors (Lipinski definition) is 3. The van der Waals surface area contributed by atoms with Gasteiger partial charge in [-0.05, 0) is 12.3 Å². The third-order valence-electron chi connectivity index (χ3n) is 2.92. The molecule has 0 fully saturated rings. The summed E-state index contributed by atoms with van der Waals surface area (Å²) in [6.45, 7) is 2.53. The van der Waals surface area contributed by atoms with Gasteiger partial charge in [0, 0.05) is 13.0 Å². The van der Waals surface area contributed by atoms with Crippen molar-refractivity contribution in [1.29, 1.82) is 0 Å². The van der Waals surface area contributed by atoms with E-state index >= 15 is 0 Å². The van der Waals surface area contributed by atoms with Gasteiger partial charge in [-0.15, -0.1) is 0 Å². The lowest BCUT2D eigenvalue weighted by Crippen LogP contribution is -2.11. The second kappa shape index (κ2) is 5.29. The van der Waals surface area contributed by atoms with Gasteiger partial charge in [-0.2, -0.15) is 0 Å². The van der Waals surface area contributed by atoms with Crippen LogP contribution in [0.25, 0.3) is 0 Å². The maximum absolute atomic E-state index is 10.0. The highest BCUT2D eigenvalue weighted by Crippen LogP contribution is 2.23. The van der Waals surface area contributed by atoms with Gasteiger partial charge in [0.1, 0.15) is 12.3 Å². The number of oxime groups is 1. The summed E-state index contributed by atoms with van der Waals surface area (Å²) >= 11 is 0. The van der Waals surface area contributed by atoms with Gasteiger partial charge < -0.3 is 20.0 Å². The number of aromatic amines is 1. The van der Waals surface area contributed by atoms with Gasteiger partial charge in [-0.3, -0.25) is 0 Å². The molecule has 1 aliphatic rings. The predicted molar refractivity (Wildman–Crippen MR) is 61.5 cm³/mol. The largest absolute Gasteiger partial charge is 0.396 e. The predicted octanol–water partition coefficient (Wildman–Crippen LogP) is 0.586. The number of hydrogen-bond acceptors (Lipinski definition) is 5. The van der Waals surface area contributed by atoms with E-state index in [2.05, 4.69) is 15.1 Å². The zero-order valence-electron chi connectivity index (χ0n) is 9.76. The van der Waals surface area contributed by atoms with Crippen molar-refractivity contribution in [2.45, 2.75) is 25.9 Å². The molecule has 3 N–H and O–H groups in total. The van der Waals surface area contributed by atoms with E-state index in [-0.39, 0.29) is 12.5 Å². The zero-order chi connectivity index (χ0) is 12.3. The average molecular weight is 239 g/mol. The van der Waals surface area contributed by atoms with Crippen molar-refractivity contribution < 1.29 is 15.1 Å². The van der Waals surface area contributed by atoms with E-state index in [0.29, 0.717) is 24.5 Å². The number of nitrogens with zero attached hydrogens (tertiary/aromatic N) is 2. The molecule has 0 unspecified atom stereocenters. The Bertz CT molecular complexity index is 402. The molecule has 6 nitrogen and oxygen atoms in total. The molecule has 6 heteroatoms. The van der Waals surface area contributed by atoms with Crippen LogP contribution in [0.3, 0.4) is 0 Å². The van der Waals surface area contributed by atoms with Crippen LogP contribution in [-0.4, -0.2) is 39.1 Å². The second-order valence-electron chi connectivity index (χ2n) is 4.24. The van der Waals surface area contributed by atoms with E-state index in [1.54, 1.807) is 6.20 Å². The van der Waals surface area contributed by atoms with Gasteiger partial charge in [0.25, 0.3) is 0 Å². The smallest absolute Gasteiger partial charge is 0.155 e. The van der Waals surface area contributed by atoms with Crippen LogP contribution in [0.2, 0.25) is 0 Å². The first-order chi connectivity index (χ1) is 8.22. The summed E-state index contributed by atoms with van der Waals surface area (Å²) < 4.78 is 0. The van der Waals surface area contributed by atoms with Crippen molar-refractivity contribution in [3.63, 3.8) is 0 Å². The molecule has 0 radical (unpaired) electrons. The second-order valence-corrected chi connectivity index (χ2v) is 4.24. The lowest BCUT2D eigenvalue weighted by Gasteiger charge is -2.15. The molecule has 0 bridgehead atoms. The number of rotatable bonds is 5. The molecule has 0 aromatic carbocycles. The molecule has 1 aliphatic heterocycles. The summed E-state index contributed by atoms with van der Waals surface area (Å²) in [5, 5.41) is 22.7. The van der Waals surface area contributed by atoms with E-state index in [1.807, 2.05) is 6.92 Å². The maximum Gasteiger partial charge on any atom is 0.155 e. The van der Waals surface area contributed by atoms with Crippen molar-refractivity contribution >= 4 is 5.71 Å². The minimum absolute atomic E-state index is 0.0185. The molecule has 1 aromatic rings. The van der Waals surface area contributed by atoms with Gasteiger partial charge in [-0.25, -0.2) is 4.98 Å². The molecular weight excluding hydrogens is 222 g/mol. The zero-order valence-corrected chi connectivity index (χ0v) is 9.76. The monoisotopic (exact) mass is 239 g/mol. The minimum atomic E-state index is -0.647. The van der Waals surface area contributed by atoms with Gasteiger partial charge in [-0.1, -0.05) is 12.1 Å². The fourth-order valence-electron chi connectivity index (χ4n) is 1.77. The quantitative estimate of drug-likeness (QED) is 0.701. The van der Waals surface area contributed by atoms with E-state index in [9.17, 15) is 5.11 Å². The fraction of sp³-hybridized carbons (Fsp3) is 0.636. The molecule has 0 saturated heterocycles. The standard InChI is InChI=1S/C11H17N3O3/c1-7(2-4-15)10(16)9-6-12-11(13-9)8-3-5-17-14-8/h6-7,10,15-16H,2-5H2,1H3,(H,12,13)/t7-,10+/m1/s1. The number of imidazole rings is 1. The molecule has 94 valence electrons. The molecular formula is C11H17N3O3. The van der Waals surface area contributed by atoms with Crippen LogP contribution < -0.4 is 0 Å². The first kappa shape index (κ1) is 12.1. The molecule has 2 rings (SSSR count). The average Bonchev–Trinajstić information content (AvgIpc) is 2.98. The van der Waals surface area contributed by atoms with Crippen molar-refractivity contribution in [3.05, 3.63) is 17.7 Å². The van der Waals surface area contributed by atoms with Gasteiger partial charge >= 0.3 is 0 Å². The van der Waals surface area contributed by atoms with Crippen LogP contribution in [0.5, 0.6) is 0 Å². The summed E-state index contributed by atoms with van der Waals surface area (Å²) in [6.07, 6.45) is 2.25. The SMILES string of the molecule is C[C@H](CCO)[C@H](O)c1cnc(C2=NOCC2)[nH]1. The number of aromatic nitrogens is 2. The Morgan fingerprint density at radius 3 is 3.06 bits per heavy atom. The minimum Gasteiger partial charge on any atom is -0.396 e. The Hall–Kier alpha value is -1.40. The Kier molecular flexibility index (Phi) is 3.75. The highest BCUT2D eigenvalue weighted by Gasteiger charge is 2.20. The first-order valence-corrected chi connectivity index (χ1v) is 5.75. The molecule has 2 atom stereocenters. The summed E-state index contributed by atoms with van der Waals surface area (Å²) in [7, 11) is 0. The maximum atomic E-state index is 10.0. The van der Waals surface area contributed by atoms with Crippen LogP contribution in [-0.2, 0) is 4.84 Å². The molecule has 2 heterocycles. The summed E-state index contributed by atoms with van der Waals surface area (Å²) in [5.74, 6) is 0.628. The van der Waals surface area contributed by atoms with Gasteiger partial charge in [0.2, 0.25) is 0 Å². The lowest BCUT2D eigenvalue weighted by molar-refractivity contribution is 0.0957. The first-order valence-electron chi connectivity index (χ1n) is 5.75. The van der Waals surface area contributed by atoms with Crippen molar-refractivity contribution in [3.8, 4) is 0 Å². The number of H-pyrrole nitrogens is 1. The third-order valence-corrected chi connectivity index (χ3v) is 2.92. The van der Waals surface area contributed by atoms with Crippen LogP contribution >= 0.6 is 0 Å². The summed E-state index contributed by atoms with van der Waals surface area (Å²) in [4.78, 5) is 12.1. The Balaban J connectivity index is 2.07. The normalized spacial score (nSPS) is 18.6. The number of aliphatic hydroxyl groups is 2. The summed E-state index contributed by atoms with van der Waals surface area (Å²) in [5.41, 5.74) is 1.42. The van der Waals surface area contributed by atoms with E-state index in [4.69, 9.17) is 9.94 Å². The Morgan fingerprint density at radius 2 is 2.41 bits per heavy atom. The van der Waals surface area contributed by atoms with E-state index < -0.39 is 6.10 Å². The number of aliphatic hydroxyl groups excluding tert-OH is 2. The third kappa shape index (κ3) is 2.65.